The highest BCUT2D eigenvalue weighted by molar-refractivity contribution is 6.52. The number of nitrogens with one attached hydrogen (secondary N) is 1. The molecule has 1 aliphatic heterocycles. The minimum Gasteiger partial charge on any atom is -0.456 e. The largest absolute Gasteiger partial charge is 0.456 e. The van der Waals surface area contributed by atoms with E-state index in [0.29, 0.717) is 34.0 Å². The van der Waals surface area contributed by atoms with Crippen molar-refractivity contribution in [3.8, 4) is 17.6 Å². The van der Waals surface area contributed by atoms with Gasteiger partial charge in [-0.05, 0) is 54.1 Å². The average molecular weight is 396 g/mol. The molecule has 7 heteroatoms. The first-order chi connectivity index (χ1) is 14.5. The van der Waals surface area contributed by atoms with Gasteiger partial charge in [0.1, 0.15) is 29.2 Å². The molecule has 4 rings (SSSR count). The fourth-order valence-corrected chi connectivity index (χ4v) is 3.17. The Labute approximate surface area is 172 Å². The normalized spacial score (nSPS) is 16.9. The molecule has 3 aromatic rings. The van der Waals surface area contributed by atoms with E-state index in [-0.39, 0.29) is 5.71 Å². The number of carbonyl (C=O) groups excluding carboxylic acids is 2. The summed E-state index contributed by atoms with van der Waals surface area (Å²) in [6.07, 6.45) is 0. The molecule has 1 atom stereocenters. The summed E-state index contributed by atoms with van der Waals surface area (Å²) in [4.78, 5) is 29.0. The zero-order chi connectivity index (χ0) is 21.1. The molecular weight excluding hydrogens is 380 g/mol. The number of hydrogen-bond donors (Lipinski definition) is 2. The van der Waals surface area contributed by atoms with E-state index in [1.165, 1.54) is 0 Å². The second-order valence-electron chi connectivity index (χ2n) is 6.62. The molecule has 3 aromatic carbocycles. The Bertz CT molecular complexity index is 1210. The Hall–Kier alpha value is -4.44. The van der Waals surface area contributed by atoms with Gasteiger partial charge in [0.2, 0.25) is 5.91 Å². The SMILES string of the molecule is N#Cc1ccccc1Oc1ccc(N=C2C(=O)NC(=O)C2c2cccc(N)c2)cc1. The molecule has 0 spiro atoms. The molecule has 30 heavy (non-hydrogen) atoms. The number of anilines is 1. The number of benzene rings is 3. The highest BCUT2D eigenvalue weighted by atomic mass is 16.5. The average Bonchev–Trinajstić information content (AvgIpc) is 3.02. The molecule has 1 heterocycles. The first-order valence-corrected chi connectivity index (χ1v) is 9.11. The number of rotatable bonds is 4. The van der Waals surface area contributed by atoms with Crippen LogP contribution >= 0.6 is 0 Å². The van der Waals surface area contributed by atoms with E-state index in [1.54, 1.807) is 72.8 Å². The van der Waals surface area contributed by atoms with Crippen molar-refractivity contribution in [3.63, 3.8) is 0 Å². The van der Waals surface area contributed by atoms with Gasteiger partial charge in [-0.15, -0.1) is 0 Å². The van der Waals surface area contributed by atoms with Crippen molar-refractivity contribution in [2.45, 2.75) is 5.92 Å². The summed E-state index contributed by atoms with van der Waals surface area (Å²) in [5.41, 5.74) is 7.93. The number of nitrogen functional groups attached to an aromatic ring is 1. The molecule has 0 aliphatic carbocycles. The Morgan fingerprint density at radius 3 is 2.50 bits per heavy atom. The van der Waals surface area contributed by atoms with Gasteiger partial charge in [-0.25, -0.2) is 4.99 Å². The van der Waals surface area contributed by atoms with Gasteiger partial charge in [-0.2, -0.15) is 5.26 Å². The molecule has 3 N–H and O–H groups in total. The zero-order valence-electron chi connectivity index (χ0n) is 15.7. The van der Waals surface area contributed by atoms with E-state index in [1.807, 2.05) is 0 Å². The van der Waals surface area contributed by atoms with Gasteiger partial charge in [0.15, 0.2) is 0 Å². The molecule has 1 fully saturated rings. The van der Waals surface area contributed by atoms with Gasteiger partial charge < -0.3 is 10.5 Å². The molecule has 0 saturated carbocycles. The van der Waals surface area contributed by atoms with Crippen molar-refractivity contribution < 1.29 is 14.3 Å². The minimum atomic E-state index is -0.820. The molecule has 0 bridgehead atoms. The smallest absolute Gasteiger partial charge is 0.273 e. The third-order valence-corrected chi connectivity index (χ3v) is 4.57. The van der Waals surface area contributed by atoms with Gasteiger partial charge in [-0.1, -0.05) is 24.3 Å². The van der Waals surface area contributed by atoms with Crippen molar-refractivity contribution in [2.24, 2.45) is 4.99 Å². The number of nitrogens with two attached hydrogens (primary N) is 1. The lowest BCUT2D eigenvalue weighted by Gasteiger charge is -2.09. The van der Waals surface area contributed by atoms with Crippen LogP contribution in [0.5, 0.6) is 11.5 Å². The van der Waals surface area contributed by atoms with Gasteiger partial charge >= 0.3 is 0 Å². The van der Waals surface area contributed by atoms with Crippen LogP contribution < -0.4 is 15.8 Å². The number of hydrogen-bond acceptors (Lipinski definition) is 6. The van der Waals surface area contributed by atoms with Gasteiger partial charge in [-0.3, -0.25) is 14.9 Å². The van der Waals surface area contributed by atoms with E-state index >= 15 is 0 Å². The van der Waals surface area contributed by atoms with E-state index < -0.39 is 17.7 Å². The highest BCUT2D eigenvalue weighted by Gasteiger charge is 2.39. The van der Waals surface area contributed by atoms with Gasteiger partial charge in [0.05, 0.1) is 11.3 Å². The third-order valence-electron chi connectivity index (χ3n) is 4.57. The summed E-state index contributed by atoms with van der Waals surface area (Å²) in [6, 6.07) is 22.5. The Balaban J connectivity index is 1.61. The number of amides is 2. The van der Waals surface area contributed by atoms with Crippen LogP contribution in [0, 0.1) is 11.3 Å². The molecule has 7 nitrogen and oxygen atoms in total. The van der Waals surface area contributed by atoms with Crippen molar-refractivity contribution in [3.05, 3.63) is 83.9 Å². The first-order valence-electron chi connectivity index (χ1n) is 9.11. The summed E-state index contributed by atoms with van der Waals surface area (Å²) < 4.78 is 5.75. The van der Waals surface area contributed by atoms with E-state index in [4.69, 9.17) is 15.7 Å². The second-order valence-corrected chi connectivity index (χ2v) is 6.62. The third kappa shape index (κ3) is 3.75. The topological polar surface area (TPSA) is 118 Å². The molecule has 146 valence electrons. The summed E-state index contributed by atoms with van der Waals surface area (Å²) in [7, 11) is 0. The maximum atomic E-state index is 12.3. The Kier molecular flexibility index (Phi) is 4.97. The van der Waals surface area contributed by atoms with Crippen molar-refractivity contribution >= 4 is 28.9 Å². The quantitative estimate of drug-likeness (QED) is 0.517. The lowest BCUT2D eigenvalue weighted by molar-refractivity contribution is -0.124. The summed E-state index contributed by atoms with van der Waals surface area (Å²) in [6.45, 7) is 0. The minimum absolute atomic E-state index is 0.106. The van der Waals surface area contributed by atoms with E-state index in [9.17, 15) is 9.59 Å². The van der Waals surface area contributed by atoms with Crippen LogP contribution in [0.2, 0.25) is 0 Å². The predicted molar refractivity (Wildman–Crippen MR) is 112 cm³/mol. The predicted octanol–water partition coefficient (Wildman–Crippen LogP) is 3.45. The van der Waals surface area contributed by atoms with Crippen LogP contribution in [0.15, 0.2) is 77.8 Å². The van der Waals surface area contributed by atoms with Crippen molar-refractivity contribution in [2.75, 3.05) is 5.73 Å². The maximum absolute atomic E-state index is 12.3. The standard InChI is InChI=1S/C23H16N4O3/c24-13-15-4-1-2-7-19(15)30-18-10-8-17(9-11-18)26-21-20(22(28)27-23(21)29)14-5-3-6-16(25)12-14/h1-12,20H,25H2,(H,27,28,29). The fourth-order valence-electron chi connectivity index (χ4n) is 3.17. The van der Waals surface area contributed by atoms with E-state index in [0.717, 1.165) is 0 Å². The van der Waals surface area contributed by atoms with Crippen molar-refractivity contribution in [1.29, 1.82) is 5.26 Å². The number of ether oxygens (including phenoxy) is 1. The summed E-state index contributed by atoms with van der Waals surface area (Å²) in [5, 5.41) is 11.5. The molecule has 1 aliphatic rings. The van der Waals surface area contributed by atoms with Gasteiger partial charge in [0.25, 0.3) is 5.91 Å². The lowest BCUT2D eigenvalue weighted by Crippen LogP contribution is -2.22. The van der Waals surface area contributed by atoms with Gasteiger partial charge in [0, 0.05) is 5.69 Å². The second kappa shape index (κ2) is 7.89. The number of aliphatic imine (C=N–C) groups is 1. The maximum Gasteiger partial charge on any atom is 0.273 e. The zero-order valence-corrected chi connectivity index (χ0v) is 15.7. The number of carbonyl (C=O) groups is 2. The summed E-state index contributed by atoms with van der Waals surface area (Å²) in [5.74, 6) is -0.824. The fraction of sp³-hybridized carbons (Fsp3) is 0.0435. The Morgan fingerprint density at radius 1 is 1.00 bits per heavy atom. The monoisotopic (exact) mass is 396 g/mol. The van der Waals surface area contributed by atoms with E-state index in [2.05, 4.69) is 16.4 Å². The van der Waals surface area contributed by atoms with Crippen LogP contribution in [0.25, 0.3) is 0 Å². The first kappa shape index (κ1) is 18.9. The molecule has 1 unspecified atom stereocenters. The molecule has 2 amide bonds. The lowest BCUT2D eigenvalue weighted by atomic mass is 9.95. The van der Waals surface area contributed by atoms with Crippen LogP contribution in [-0.2, 0) is 9.59 Å². The van der Waals surface area contributed by atoms with Crippen molar-refractivity contribution in [1.82, 2.24) is 5.32 Å². The Morgan fingerprint density at radius 2 is 1.77 bits per heavy atom. The molecular formula is C23H16N4O3. The number of nitriles is 1. The number of nitrogens with zero attached hydrogens (tertiary/aromatic N) is 2. The van der Waals surface area contributed by atoms with Crippen LogP contribution in [0.1, 0.15) is 17.0 Å². The highest BCUT2D eigenvalue weighted by Crippen LogP contribution is 2.29. The van der Waals surface area contributed by atoms with Crippen LogP contribution in [0.4, 0.5) is 11.4 Å². The molecule has 0 radical (unpaired) electrons. The van der Waals surface area contributed by atoms with Crippen LogP contribution in [0.3, 0.4) is 0 Å². The molecule has 1 saturated heterocycles. The number of para-hydroxylation sites is 1. The molecule has 0 aromatic heterocycles. The summed E-state index contributed by atoms with van der Waals surface area (Å²) >= 11 is 0. The number of imide groups is 1. The van der Waals surface area contributed by atoms with Crippen LogP contribution in [-0.4, -0.2) is 17.5 Å².